The Morgan fingerprint density at radius 3 is 2.06 bits per heavy atom. The van der Waals surface area contributed by atoms with Gasteiger partial charge < -0.3 is 9.80 Å². The van der Waals surface area contributed by atoms with Crippen LogP contribution in [-0.4, -0.2) is 39.3 Å². The summed E-state index contributed by atoms with van der Waals surface area (Å²) in [6.07, 6.45) is 9.47. The van der Waals surface area contributed by atoms with E-state index in [9.17, 15) is 0 Å². The molecule has 5 rings (SSSR count). The highest BCUT2D eigenvalue weighted by molar-refractivity contribution is 4.98. The van der Waals surface area contributed by atoms with Crippen molar-refractivity contribution in [2.75, 3.05) is 33.2 Å². The van der Waals surface area contributed by atoms with Gasteiger partial charge in [0.25, 0.3) is 0 Å². The molecule has 5 aliphatic rings. The molecule has 1 saturated heterocycles. The fraction of sp³-hybridized carbons (Fsp3) is 1.00. The maximum Gasteiger partial charge on any atom is 0.127 e. The van der Waals surface area contributed by atoms with E-state index in [4.69, 9.17) is 0 Å². The van der Waals surface area contributed by atoms with Crippen LogP contribution in [0, 0.1) is 23.7 Å². The average molecular weight is 250 g/mol. The third-order valence-electron chi connectivity index (χ3n) is 6.67. The minimum atomic E-state index is 1.07. The molecule has 2 unspecified atom stereocenters. The van der Waals surface area contributed by atoms with Gasteiger partial charge in [-0.25, -0.2) is 0 Å². The monoisotopic (exact) mass is 250 g/mol. The summed E-state index contributed by atoms with van der Waals surface area (Å²) < 4.78 is 0. The van der Waals surface area contributed by atoms with Crippen molar-refractivity contribution in [3.8, 4) is 0 Å². The Bertz CT molecular complexity index is 286. The van der Waals surface area contributed by atoms with Crippen LogP contribution >= 0.6 is 0 Å². The number of hydrogen-bond acceptors (Lipinski definition) is 0. The summed E-state index contributed by atoms with van der Waals surface area (Å²) in [5.74, 6) is 4.52. The molecule has 4 aliphatic carbocycles. The van der Waals surface area contributed by atoms with Gasteiger partial charge in [0.05, 0.1) is 26.2 Å². The van der Waals surface area contributed by atoms with Crippen LogP contribution in [0.15, 0.2) is 0 Å². The van der Waals surface area contributed by atoms with Gasteiger partial charge in [0.2, 0.25) is 0 Å². The first kappa shape index (κ1) is 11.7. The van der Waals surface area contributed by atoms with Crippen LogP contribution < -0.4 is 9.80 Å². The van der Waals surface area contributed by atoms with Gasteiger partial charge in [0, 0.05) is 18.3 Å². The fourth-order valence-electron chi connectivity index (χ4n) is 6.17. The van der Waals surface area contributed by atoms with Crippen molar-refractivity contribution in [1.82, 2.24) is 0 Å². The summed E-state index contributed by atoms with van der Waals surface area (Å²) in [7, 11) is 2.39. The number of nitrogens with one attached hydrogen (secondary N) is 2. The van der Waals surface area contributed by atoms with Crippen molar-refractivity contribution < 1.29 is 9.80 Å². The van der Waals surface area contributed by atoms with Gasteiger partial charge >= 0.3 is 0 Å². The second kappa shape index (κ2) is 4.49. The van der Waals surface area contributed by atoms with Crippen LogP contribution in [0.1, 0.15) is 38.5 Å². The van der Waals surface area contributed by atoms with Gasteiger partial charge in [0.1, 0.15) is 13.1 Å². The molecule has 2 heteroatoms. The van der Waals surface area contributed by atoms with E-state index in [1.165, 1.54) is 32.6 Å². The highest BCUT2D eigenvalue weighted by atomic mass is 15.2. The van der Waals surface area contributed by atoms with Gasteiger partial charge in [-0.15, -0.1) is 0 Å². The molecular formula is C16H30N2+2. The molecule has 0 aromatic heterocycles. The lowest BCUT2D eigenvalue weighted by Crippen LogP contribution is -3.20. The molecule has 2 N–H and O–H groups in total. The third kappa shape index (κ3) is 1.92. The minimum absolute atomic E-state index is 1.07. The Morgan fingerprint density at radius 2 is 1.39 bits per heavy atom. The van der Waals surface area contributed by atoms with Crippen molar-refractivity contribution in [3.05, 3.63) is 0 Å². The van der Waals surface area contributed by atoms with Gasteiger partial charge in [-0.2, -0.15) is 0 Å². The normalized spacial score (nSPS) is 55.5. The van der Waals surface area contributed by atoms with E-state index >= 15 is 0 Å². The first-order chi connectivity index (χ1) is 8.79. The van der Waals surface area contributed by atoms with Crippen LogP contribution in [-0.2, 0) is 0 Å². The Morgan fingerprint density at radius 1 is 0.722 bits per heavy atom. The molecule has 0 radical (unpaired) electrons. The van der Waals surface area contributed by atoms with Crippen molar-refractivity contribution in [2.45, 2.75) is 44.6 Å². The third-order valence-corrected chi connectivity index (χ3v) is 6.67. The van der Waals surface area contributed by atoms with Crippen molar-refractivity contribution >= 4 is 0 Å². The second-order valence-corrected chi connectivity index (χ2v) is 7.93. The van der Waals surface area contributed by atoms with Crippen LogP contribution in [0.5, 0.6) is 0 Å². The quantitative estimate of drug-likeness (QED) is 0.627. The fourth-order valence-corrected chi connectivity index (χ4v) is 6.17. The SMILES string of the molecule is C[NH+]1CCC[NH+](C2C3CC4CC(C3)CC2C4)CC1. The standard InChI is InChI=1S/C16H28N2/c1-17-3-2-4-18(6-5-17)16-14-8-12-7-13(10-14)11-15(16)9-12/h12-16H,2-11H2,1H3/p+2. The van der Waals surface area contributed by atoms with Gasteiger partial charge in [0.15, 0.2) is 0 Å². The average Bonchev–Trinajstić information content (AvgIpc) is 2.53. The van der Waals surface area contributed by atoms with Crippen LogP contribution in [0.4, 0.5) is 0 Å². The predicted octanol–water partition coefficient (Wildman–Crippen LogP) is -0.386. The molecule has 2 nitrogen and oxygen atoms in total. The zero-order valence-electron chi connectivity index (χ0n) is 12.0. The predicted molar refractivity (Wildman–Crippen MR) is 72.8 cm³/mol. The first-order valence-electron chi connectivity index (χ1n) is 8.45. The van der Waals surface area contributed by atoms with Gasteiger partial charge in [-0.3, -0.25) is 0 Å². The number of quaternary nitrogens is 2. The number of rotatable bonds is 1. The lowest BCUT2D eigenvalue weighted by Gasteiger charge is -2.55. The van der Waals surface area contributed by atoms with E-state index in [2.05, 4.69) is 7.05 Å². The van der Waals surface area contributed by atoms with E-state index in [-0.39, 0.29) is 0 Å². The topological polar surface area (TPSA) is 8.88 Å². The maximum absolute atomic E-state index is 2.39. The Labute approximate surface area is 112 Å². The molecule has 1 heterocycles. The molecule has 4 saturated carbocycles. The number of hydrogen-bond donors (Lipinski definition) is 2. The summed E-state index contributed by atoms with van der Waals surface area (Å²) in [6, 6.07) is 1.07. The lowest BCUT2D eigenvalue weighted by atomic mass is 9.54. The van der Waals surface area contributed by atoms with Gasteiger partial charge in [-0.05, 0) is 43.9 Å². The minimum Gasteiger partial charge on any atom is -0.333 e. The molecular weight excluding hydrogens is 220 g/mol. The van der Waals surface area contributed by atoms with Crippen LogP contribution in [0.2, 0.25) is 0 Å². The molecule has 0 spiro atoms. The van der Waals surface area contributed by atoms with Crippen LogP contribution in [0.25, 0.3) is 0 Å². The van der Waals surface area contributed by atoms with E-state index < -0.39 is 0 Å². The zero-order valence-corrected chi connectivity index (χ0v) is 12.0. The molecule has 102 valence electrons. The Kier molecular flexibility index (Phi) is 2.92. The van der Waals surface area contributed by atoms with Crippen molar-refractivity contribution in [2.24, 2.45) is 23.7 Å². The molecule has 0 aromatic carbocycles. The van der Waals surface area contributed by atoms with Crippen LogP contribution in [0.3, 0.4) is 0 Å². The summed E-state index contributed by atoms with van der Waals surface area (Å²) in [5.41, 5.74) is 0. The Hall–Kier alpha value is -0.0800. The Balaban J connectivity index is 1.50. The molecule has 2 atom stereocenters. The number of likely N-dealkylation sites (N-methyl/N-ethyl adjacent to an activating group) is 1. The highest BCUT2D eigenvalue weighted by Crippen LogP contribution is 2.52. The molecule has 1 aliphatic heterocycles. The summed E-state index contributed by atoms with van der Waals surface area (Å²) in [6.45, 7) is 5.76. The van der Waals surface area contributed by atoms with E-state index in [1.54, 1.807) is 37.0 Å². The molecule has 0 aromatic rings. The maximum atomic E-state index is 2.39. The molecule has 0 amide bonds. The van der Waals surface area contributed by atoms with E-state index in [1.807, 2.05) is 4.90 Å². The van der Waals surface area contributed by atoms with E-state index in [0.717, 1.165) is 29.7 Å². The lowest BCUT2D eigenvalue weighted by molar-refractivity contribution is -0.954. The summed E-state index contributed by atoms with van der Waals surface area (Å²) >= 11 is 0. The summed E-state index contributed by atoms with van der Waals surface area (Å²) in [5, 5.41) is 0. The first-order valence-corrected chi connectivity index (χ1v) is 8.45. The largest absolute Gasteiger partial charge is 0.333 e. The van der Waals surface area contributed by atoms with Crippen molar-refractivity contribution in [3.63, 3.8) is 0 Å². The summed E-state index contributed by atoms with van der Waals surface area (Å²) in [4.78, 5) is 3.79. The molecule has 18 heavy (non-hydrogen) atoms. The smallest absolute Gasteiger partial charge is 0.127 e. The highest BCUT2D eigenvalue weighted by Gasteiger charge is 2.52. The van der Waals surface area contributed by atoms with E-state index in [0.29, 0.717) is 0 Å². The van der Waals surface area contributed by atoms with Gasteiger partial charge in [-0.1, -0.05) is 0 Å². The molecule has 4 bridgehead atoms. The van der Waals surface area contributed by atoms with Crippen molar-refractivity contribution in [1.29, 1.82) is 0 Å². The second-order valence-electron chi connectivity index (χ2n) is 7.93. The zero-order chi connectivity index (χ0) is 12.1. The molecule has 5 fully saturated rings.